The Kier molecular flexibility index (Phi) is 9.07. The highest BCUT2D eigenvalue weighted by atomic mass is 16.5. The number of nitrogens with one attached hydrogen (secondary N) is 3. The van der Waals surface area contributed by atoms with Crippen LogP contribution in [-0.2, 0) is 16.1 Å². The van der Waals surface area contributed by atoms with Crippen molar-refractivity contribution < 1.29 is 19.4 Å². The summed E-state index contributed by atoms with van der Waals surface area (Å²) in [6, 6.07) is 8.22. The summed E-state index contributed by atoms with van der Waals surface area (Å²) in [4.78, 5) is 22.8. The molecule has 0 bridgehead atoms. The summed E-state index contributed by atoms with van der Waals surface area (Å²) in [6.45, 7) is 1.32. The first-order valence-electron chi connectivity index (χ1n) is 7.53. The van der Waals surface area contributed by atoms with E-state index in [-0.39, 0.29) is 6.61 Å². The van der Waals surface area contributed by atoms with Gasteiger partial charge >= 0.3 is 12.1 Å². The molecular formula is C16H23N3O4. The van der Waals surface area contributed by atoms with Crippen molar-refractivity contribution >= 4 is 18.3 Å². The molecule has 23 heavy (non-hydrogen) atoms. The van der Waals surface area contributed by atoms with Crippen LogP contribution in [0, 0.1) is 5.41 Å². The fourth-order valence-corrected chi connectivity index (χ4v) is 1.94. The van der Waals surface area contributed by atoms with Crippen LogP contribution in [0.5, 0.6) is 0 Å². The van der Waals surface area contributed by atoms with Crippen molar-refractivity contribution in [2.45, 2.75) is 31.9 Å². The summed E-state index contributed by atoms with van der Waals surface area (Å²) in [5.74, 6) is -1.07. The van der Waals surface area contributed by atoms with E-state index in [9.17, 15) is 9.59 Å². The standard InChI is InChI=1S/C16H23N3O4/c17-9-11-18-10-5-4-8-14(15(20)21)19-16(22)23-12-13-6-2-1-3-7-13/h1-3,6-7,9,14,17-18H,4-5,8,10-12H2,(H,19,22)(H,20,21)/t14-/m0/s1. The zero-order valence-electron chi connectivity index (χ0n) is 13.0. The van der Waals surface area contributed by atoms with Gasteiger partial charge in [-0.05, 0) is 31.4 Å². The highest BCUT2D eigenvalue weighted by molar-refractivity contribution is 5.79. The summed E-state index contributed by atoms with van der Waals surface area (Å²) >= 11 is 0. The summed E-state index contributed by atoms with van der Waals surface area (Å²) < 4.78 is 5.02. The second kappa shape index (κ2) is 11.2. The van der Waals surface area contributed by atoms with Crippen LogP contribution in [0.25, 0.3) is 0 Å². The van der Waals surface area contributed by atoms with Crippen LogP contribution in [0.15, 0.2) is 30.3 Å². The predicted octanol–water partition coefficient (Wildman–Crippen LogP) is 1.78. The molecule has 0 aliphatic heterocycles. The van der Waals surface area contributed by atoms with Crippen LogP contribution in [-0.4, -0.2) is 42.5 Å². The minimum Gasteiger partial charge on any atom is -0.480 e. The number of hydrogen-bond donors (Lipinski definition) is 4. The molecule has 0 fully saturated rings. The number of hydrogen-bond acceptors (Lipinski definition) is 5. The van der Waals surface area contributed by atoms with Gasteiger partial charge in [0.1, 0.15) is 12.6 Å². The van der Waals surface area contributed by atoms with Gasteiger partial charge in [-0.1, -0.05) is 30.3 Å². The Labute approximate surface area is 135 Å². The number of carboxylic acids is 1. The molecular weight excluding hydrogens is 298 g/mol. The molecule has 1 rings (SSSR count). The van der Waals surface area contributed by atoms with E-state index in [1.807, 2.05) is 30.3 Å². The maximum atomic E-state index is 11.7. The quantitative estimate of drug-likeness (QED) is 0.367. The average molecular weight is 321 g/mol. The number of carbonyl (C=O) groups is 2. The number of benzene rings is 1. The lowest BCUT2D eigenvalue weighted by atomic mass is 10.1. The molecule has 0 spiro atoms. The van der Waals surface area contributed by atoms with E-state index >= 15 is 0 Å². The summed E-state index contributed by atoms with van der Waals surface area (Å²) in [7, 11) is 0. The first-order chi connectivity index (χ1) is 11.1. The van der Waals surface area contributed by atoms with Gasteiger partial charge in [0.2, 0.25) is 0 Å². The number of ether oxygens (including phenoxy) is 1. The molecule has 0 saturated heterocycles. The number of carboxylic acid groups (broad SMARTS) is 1. The Balaban J connectivity index is 2.27. The van der Waals surface area contributed by atoms with E-state index in [0.717, 1.165) is 12.0 Å². The molecule has 1 aromatic carbocycles. The van der Waals surface area contributed by atoms with E-state index in [2.05, 4.69) is 10.6 Å². The second-order valence-electron chi connectivity index (χ2n) is 5.00. The number of alkyl carbamates (subject to hydrolysis) is 1. The van der Waals surface area contributed by atoms with Crippen LogP contribution in [0.1, 0.15) is 24.8 Å². The Bertz CT molecular complexity index is 493. The van der Waals surface area contributed by atoms with E-state index < -0.39 is 18.1 Å². The summed E-state index contributed by atoms with van der Waals surface area (Å²) in [6.07, 6.45) is 2.30. The lowest BCUT2D eigenvalue weighted by Gasteiger charge is -2.14. The Morgan fingerprint density at radius 3 is 2.65 bits per heavy atom. The molecule has 0 radical (unpaired) electrons. The molecule has 1 aromatic rings. The minimum atomic E-state index is -1.07. The SMILES string of the molecule is N=CCNCCCC[C@H](NC(=O)OCc1ccccc1)C(=O)O. The number of carbonyl (C=O) groups excluding carboxylic acids is 1. The van der Waals surface area contributed by atoms with Crippen molar-refractivity contribution in [3.8, 4) is 0 Å². The highest BCUT2D eigenvalue weighted by Crippen LogP contribution is 2.04. The molecule has 1 atom stereocenters. The smallest absolute Gasteiger partial charge is 0.408 e. The number of rotatable bonds is 11. The van der Waals surface area contributed by atoms with Gasteiger partial charge < -0.3 is 25.9 Å². The van der Waals surface area contributed by atoms with Gasteiger partial charge in [-0.15, -0.1) is 0 Å². The molecule has 0 aliphatic rings. The van der Waals surface area contributed by atoms with E-state index in [1.165, 1.54) is 6.21 Å². The largest absolute Gasteiger partial charge is 0.480 e. The number of amides is 1. The first-order valence-corrected chi connectivity index (χ1v) is 7.53. The lowest BCUT2D eigenvalue weighted by molar-refractivity contribution is -0.139. The zero-order chi connectivity index (χ0) is 16.9. The maximum absolute atomic E-state index is 11.7. The van der Waals surface area contributed by atoms with Gasteiger partial charge in [0, 0.05) is 12.8 Å². The second-order valence-corrected chi connectivity index (χ2v) is 5.00. The van der Waals surface area contributed by atoms with Crippen molar-refractivity contribution in [1.82, 2.24) is 10.6 Å². The van der Waals surface area contributed by atoms with Crippen LogP contribution < -0.4 is 10.6 Å². The molecule has 126 valence electrons. The predicted molar refractivity (Wildman–Crippen MR) is 86.7 cm³/mol. The summed E-state index contributed by atoms with van der Waals surface area (Å²) in [5, 5.41) is 21.4. The van der Waals surface area contributed by atoms with Crippen LogP contribution in [0.2, 0.25) is 0 Å². The molecule has 0 aromatic heterocycles. The third-order valence-electron chi connectivity index (χ3n) is 3.15. The van der Waals surface area contributed by atoms with Gasteiger partial charge in [-0.2, -0.15) is 0 Å². The zero-order valence-corrected chi connectivity index (χ0v) is 13.0. The molecule has 0 heterocycles. The molecule has 0 unspecified atom stereocenters. The van der Waals surface area contributed by atoms with Crippen LogP contribution in [0.4, 0.5) is 4.79 Å². The van der Waals surface area contributed by atoms with Crippen molar-refractivity contribution in [2.24, 2.45) is 0 Å². The highest BCUT2D eigenvalue weighted by Gasteiger charge is 2.20. The number of aliphatic carboxylic acids is 1. The monoisotopic (exact) mass is 321 g/mol. The van der Waals surface area contributed by atoms with Crippen LogP contribution >= 0.6 is 0 Å². The van der Waals surface area contributed by atoms with E-state index in [4.69, 9.17) is 15.3 Å². The average Bonchev–Trinajstić information content (AvgIpc) is 2.55. The first kappa shape index (κ1) is 18.6. The van der Waals surface area contributed by atoms with E-state index in [0.29, 0.717) is 25.9 Å². The molecule has 0 aliphatic carbocycles. The Hall–Kier alpha value is -2.41. The van der Waals surface area contributed by atoms with E-state index in [1.54, 1.807) is 0 Å². The number of unbranched alkanes of at least 4 members (excludes halogenated alkanes) is 1. The molecule has 4 N–H and O–H groups in total. The minimum absolute atomic E-state index is 0.104. The normalized spacial score (nSPS) is 11.5. The summed E-state index contributed by atoms with van der Waals surface area (Å²) in [5.41, 5.74) is 0.840. The topological polar surface area (TPSA) is 112 Å². The Morgan fingerprint density at radius 1 is 1.26 bits per heavy atom. The van der Waals surface area contributed by atoms with Gasteiger partial charge in [0.15, 0.2) is 0 Å². The fraction of sp³-hybridized carbons (Fsp3) is 0.438. The molecule has 1 amide bonds. The third-order valence-corrected chi connectivity index (χ3v) is 3.15. The van der Waals surface area contributed by atoms with Gasteiger partial charge in [0.05, 0.1) is 0 Å². The maximum Gasteiger partial charge on any atom is 0.408 e. The van der Waals surface area contributed by atoms with Crippen LogP contribution in [0.3, 0.4) is 0 Å². The molecule has 7 heteroatoms. The molecule has 0 saturated carbocycles. The van der Waals surface area contributed by atoms with Crippen molar-refractivity contribution in [1.29, 1.82) is 5.41 Å². The third kappa shape index (κ3) is 8.57. The lowest BCUT2D eigenvalue weighted by Crippen LogP contribution is -2.41. The Morgan fingerprint density at radius 2 is 2.00 bits per heavy atom. The van der Waals surface area contributed by atoms with Crippen molar-refractivity contribution in [2.75, 3.05) is 13.1 Å². The molecule has 7 nitrogen and oxygen atoms in total. The van der Waals surface area contributed by atoms with Gasteiger partial charge in [-0.3, -0.25) is 0 Å². The fourth-order valence-electron chi connectivity index (χ4n) is 1.94. The van der Waals surface area contributed by atoms with Gasteiger partial charge in [-0.25, -0.2) is 9.59 Å². The van der Waals surface area contributed by atoms with Gasteiger partial charge in [0.25, 0.3) is 0 Å². The van der Waals surface area contributed by atoms with Crippen molar-refractivity contribution in [3.63, 3.8) is 0 Å². The van der Waals surface area contributed by atoms with Crippen molar-refractivity contribution in [3.05, 3.63) is 35.9 Å².